The van der Waals surface area contributed by atoms with Gasteiger partial charge in [0.25, 0.3) is 5.91 Å². The van der Waals surface area contributed by atoms with E-state index in [-0.39, 0.29) is 17.9 Å². The lowest BCUT2D eigenvalue weighted by Crippen LogP contribution is -2.36. The van der Waals surface area contributed by atoms with Crippen LogP contribution < -0.4 is 11.1 Å². The van der Waals surface area contributed by atoms with Crippen LogP contribution in [0.4, 0.5) is 5.69 Å². The van der Waals surface area contributed by atoms with Crippen molar-refractivity contribution in [3.63, 3.8) is 0 Å². The van der Waals surface area contributed by atoms with Crippen LogP contribution in [-0.2, 0) is 0 Å². The highest BCUT2D eigenvalue weighted by Gasteiger charge is 2.23. The molecular formula is C14H19BrN2O2. The molecule has 1 fully saturated rings. The van der Waals surface area contributed by atoms with Crippen LogP contribution in [-0.4, -0.2) is 23.7 Å². The molecule has 1 amide bonds. The van der Waals surface area contributed by atoms with Crippen LogP contribution in [0.3, 0.4) is 0 Å². The number of carbonyl (C=O) groups excluding carboxylic acids is 1. The van der Waals surface area contributed by atoms with E-state index in [0.29, 0.717) is 22.3 Å². The highest BCUT2D eigenvalue weighted by Crippen LogP contribution is 2.25. The molecule has 0 aliphatic heterocycles. The SMILES string of the molecule is Nc1cccc(C(=O)NCC2CCCCC2O)c1Br. The molecule has 1 aromatic carbocycles. The monoisotopic (exact) mass is 326 g/mol. The maximum absolute atomic E-state index is 12.1. The Morgan fingerprint density at radius 3 is 2.89 bits per heavy atom. The van der Waals surface area contributed by atoms with Gasteiger partial charge in [0, 0.05) is 18.2 Å². The number of aliphatic hydroxyl groups is 1. The van der Waals surface area contributed by atoms with Crippen LogP contribution >= 0.6 is 15.9 Å². The van der Waals surface area contributed by atoms with E-state index in [2.05, 4.69) is 21.2 Å². The number of nitrogens with one attached hydrogen (secondary N) is 1. The first kappa shape index (κ1) is 14.3. The maximum Gasteiger partial charge on any atom is 0.252 e. The Balaban J connectivity index is 1.95. The third-order valence-corrected chi connectivity index (χ3v) is 4.55. The van der Waals surface area contributed by atoms with E-state index < -0.39 is 0 Å². The molecule has 4 nitrogen and oxygen atoms in total. The van der Waals surface area contributed by atoms with E-state index >= 15 is 0 Å². The molecule has 0 heterocycles. The molecule has 0 spiro atoms. The van der Waals surface area contributed by atoms with E-state index in [4.69, 9.17) is 5.73 Å². The molecule has 4 N–H and O–H groups in total. The quantitative estimate of drug-likeness (QED) is 0.746. The summed E-state index contributed by atoms with van der Waals surface area (Å²) < 4.78 is 0.622. The van der Waals surface area contributed by atoms with Crippen LogP contribution in [0.15, 0.2) is 22.7 Å². The van der Waals surface area contributed by atoms with Crippen LogP contribution in [0.1, 0.15) is 36.0 Å². The number of benzene rings is 1. The Morgan fingerprint density at radius 1 is 1.42 bits per heavy atom. The summed E-state index contributed by atoms with van der Waals surface area (Å²) in [4.78, 5) is 12.1. The summed E-state index contributed by atoms with van der Waals surface area (Å²) in [7, 11) is 0. The number of amides is 1. The van der Waals surface area contributed by atoms with Gasteiger partial charge < -0.3 is 16.2 Å². The summed E-state index contributed by atoms with van der Waals surface area (Å²) in [6.07, 6.45) is 3.71. The third kappa shape index (κ3) is 3.48. The van der Waals surface area contributed by atoms with Gasteiger partial charge in [0.2, 0.25) is 0 Å². The zero-order valence-corrected chi connectivity index (χ0v) is 12.3. The molecule has 2 rings (SSSR count). The van der Waals surface area contributed by atoms with Gasteiger partial charge in [-0.2, -0.15) is 0 Å². The van der Waals surface area contributed by atoms with Crippen molar-refractivity contribution in [3.8, 4) is 0 Å². The van der Waals surface area contributed by atoms with E-state index in [1.807, 2.05) is 0 Å². The standard InChI is InChI=1S/C14H19BrN2O2/c15-13-10(5-3-6-11(13)16)14(19)17-8-9-4-1-2-7-12(9)18/h3,5-6,9,12,18H,1-2,4,7-8,16H2,(H,17,19). The second kappa shape index (κ2) is 6.39. The van der Waals surface area contributed by atoms with Crippen LogP contribution in [0.25, 0.3) is 0 Å². The van der Waals surface area contributed by atoms with Gasteiger partial charge in [0.1, 0.15) is 0 Å². The van der Waals surface area contributed by atoms with Gasteiger partial charge >= 0.3 is 0 Å². The molecule has 104 valence electrons. The Morgan fingerprint density at radius 2 is 2.16 bits per heavy atom. The minimum atomic E-state index is -0.293. The number of rotatable bonds is 3. The molecule has 1 aliphatic rings. The molecule has 2 unspecified atom stereocenters. The van der Waals surface area contributed by atoms with Crippen molar-refractivity contribution in [2.75, 3.05) is 12.3 Å². The Hall–Kier alpha value is -1.07. The summed E-state index contributed by atoms with van der Waals surface area (Å²) in [5.74, 6) is 0.00878. The van der Waals surface area contributed by atoms with Gasteiger partial charge in [0.05, 0.1) is 16.1 Å². The van der Waals surface area contributed by atoms with Crippen molar-refractivity contribution in [2.45, 2.75) is 31.8 Å². The fraction of sp³-hybridized carbons (Fsp3) is 0.500. The smallest absolute Gasteiger partial charge is 0.252 e. The molecule has 0 bridgehead atoms. The van der Waals surface area contributed by atoms with E-state index in [9.17, 15) is 9.90 Å². The minimum Gasteiger partial charge on any atom is -0.398 e. The summed E-state index contributed by atoms with van der Waals surface area (Å²) >= 11 is 3.32. The first-order valence-electron chi connectivity index (χ1n) is 6.60. The van der Waals surface area contributed by atoms with E-state index in [0.717, 1.165) is 25.7 Å². The number of hydrogen-bond acceptors (Lipinski definition) is 3. The van der Waals surface area contributed by atoms with Crippen molar-refractivity contribution in [1.29, 1.82) is 0 Å². The van der Waals surface area contributed by atoms with Crippen molar-refractivity contribution in [1.82, 2.24) is 5.32 Å². The number of halogens is 1. The Labute approximate surface area is 121 Å². The molecule has 19 heavy (non-hydrogen) atoms. The maximum atomic E-state index is 12.1. The highest BCUT2D eigenvalue weighted by atomic mass is 79.9. The van der Waals surface area contributed by atoms with Gasteiger partial charge in [-0.3, -0.25) is 4.79 Å². The summed E-state index contributed by atoms with van der Waals surface area (Å²) in [6.45, 7) is 0.515. The first-order valence-corrected chi connectivity index (χ1v) is 7.39. The number of carbonyl (C=O) groups is 1. The van der Waals surface area contributed by atoms with Crippen LogP contribution in [0, 0.1) is 5.92 Å². The van der Waals surface area contributed by atoms with Gasteiger partial charge in [-0.1, -0.05) is 18.9 Å². The summed E-state index contributed by atoms with van der Waals surface area (Å²) in [5, 5.41) is 12.8. The summed E-state index contributed by atoms with van der Waals surface area (Å²) in [5.41, 5.74) is 6.83. The highest BCUT2D eigenvalue weighted by molar-refractivity contribution is 9.10. The average molecular weight is 327 g/mol. The normalized spacial score (nSPS) is 23.1. The fourth-order valence-electron chi connectivity index (χ4n) is 2.47. The second-order valence-corrected chi connectivity index (χ2v) is 5.82. The number of nitrogen functional groups attached to an aromatic ring is 1. The van der Waals surface area contributed by atoms with Crippen LogP contribution in [0.5, 0.6) is 0 Å². The van der Waals surface area contributed by atoms with Crippen molar-refractivity contribution < 1.29 is 9.90 Å². The number of anilines is 1. The molecule has 0 saturated heterocycles. The fourth-order valence-corrected chi connectivity index (χ4v) is 2.91. The third-order valence-electron chi connectivity index (χ3n) is 3.67. The first-order chi connectivity index (χ1) is 9.09. The van der Waals surface area contributed by atoms with E-state index in [1.165, 1.54) is 0 Å². The van der Waals surface area contributed by atoms with Gasteiger partial charge in [-0.05, 0) is 40.9 Å². The number of nitrogens with two attached hydrogens (primary N) is 1. The zero-order valence-electron chi connectivity index (χ0n) is 10.7. The summed E-state index contributed by atoms with van der Waals surface area (Å²) in [6, 6.07) is 5.23. The molecule has 5 heteroatoms. The van der Waals surface area contributed by atoms with Crippen molar-refractivity contribution in [2.24, 2.45) is 5.92 Å². The zero-order chi connectivity index (χ0) is 13.8. The van der Waals surface area contributed by atoms with Gasteiger partial charge in [-0.15, -0.1) is 0 Å². The topological polar surface area (TPSA) is 75.4 Å². The van der Waals surface area contributed by atoms with Gasteiger partial charge in [0.15, 0.2) is 0 Å². The van der Waals surface area contributed by atoms with Gasteiger partial charge in [-0.25, -0.2) is 0 Å². The average Bonchev–Trinajstić information content (AvgIpc) is 2.40. The largest absolute Gasteiger partial charge is 0.398 e. The molecule has 1 aliphatic carbocycles. The predicted octanol–water partition coefficient (Wildman–Crippen LogP) is 2.31. The van der Waals surface area contributed by atoms with Crippen molar-refractivity contribution in [3.05, 3.63) is 28.2 Å². The number of hydrogen-bond donors (Lipinski definition) is 3. The lowest BCUT2D eigenvalue weighted by atomic mass is 9.86. The molecule has 2 atom stereocenters. The molecule has 1 aromatic rings. The van der Waals surface area contributed by atoms with E-state index in [1.54, 1.807) is 18.2 Å². The van der Waals surface area contributed by atoms with Crippen molar-refractivity contribution >= 4 is 27.5 Å². The predicted molar refractivity (Wildman–Crippen MR) is 78.9 cm³/mol. The molecular weight excluding hydrogens is 308 g/mol. The minimum absolute atomic E-state index is 0.156. The Bertz CT molecular complexity index is 465. The molecule has 0 radical (unpaired) electrons. The Kier molecular flexibility index (Phi) is 4.82. The van der Waals surface area contributed by atoms with Crippen LogP contribution in [0.2, 0.25) is 0 Å². The lowest BCUT2D eigenvalue weighted by molar-refractivity contribution is 0.0662. The second-order valence-electron chi connectivity index (χ2n) is 5.03. The molecule has 0 aromatic heterocycles. The molecule has 1 saturated carbocycles. The lowest BCUT2D eigenvalue weighted by Gasteiger charge is -2.27. The number of aliphatic hydroxyl groups excluding tert-OH is 1.